The Hall–Kier alpha value is -1.94. The van der Waals surface area contributed by atoms with E-state index in [0.29, 0.717) is 33.2 Å². The standard InChI is InChI=1S/C18H13Cl3N2O/c19-13-4-6-14(7-5-13)24-18-17(2-1-9-22-18)23-11-12-3-8-15(20)16(21)10-12/h1-10,23H,11H2. The summed E-state index contributed by atoms with van der Waals surface area (Å²) in [6, 6.07) is 16.4. The lowest BCUT2D eigenvalue weighted by atomic mass is 10.2. The molecule has 0 unspecified atom stereocenters. The quantitative estimate of drug-likeness (QED) is 0.553. The number of nitrogens with one attached hydrogen (secondary N) is 1. The van der Waals surface area contributed by atoms with Crippen molar-refractivity contribution in [2.24, 2.45) is 0 Å². The monoisotopic (exact) mass is 378 g/mol. The van der Waals surface area contributed by atoms with Gasteiger partial charge in [0.15, 0.2) is 0 Å². The van der Waals surface area contributed by atoms with Crippen molar-refractivity contribution in [3.05, 3.63) is 81.4 Å². The van der Waals surface area contributed by atoms with Crippen LogP contribution in [0, 0.1) is 0 Å². The van der Waals surface area contributed by atoms with E-state index in [1.165, 1.54) is 0 Å². The van der Waals surface area contributed by atoms with Crippen LogP contribution in [0.25, 0.3) is 0 Å². The molecular weight excluding hydrogens is 367 g/mol. The highest BCUT2D eigenvalue weighted by atomic mass is 35.5. The number of anilines is 1. The van der Waals surface area contributed by atoms with Crippen LogP contribution in [-0.4, -0.2) is 4.98 Å². The molecule has 0 aliphatic heterocycles. The predicted molar refractivity (Wildman–Crippen MR) is 99.6 cm³/mol. The van der Waals surface area contributed by atoms with Gasteiger partial charge < -0.3 is 10.1 Å². The Morgan fingerprint density at radius 2 is 1.71 bits per heavy atom. The molecule has 1 heterocycles. The summed E-state index contributed by atoms with van der Waals surface area (Å²) in [5, 5.41) is 5.01. The van der Waals surface area contributed by atoms with Crippen molar-refractivity contribution in [3.63, 3.8) is 0 Å². The largest absolute Gasteiger partial charge is 0.437 e. The maximum Gasteiger partial charge on any atom is 0.242 e. The van der Waals surface area contributed by atoms with Crippen LogP contribution in [0.4, 0.5) is 5.69 Å². The number of hydrogen-bond acceptors (Lipinski definition) is 3. The number of ether oxygens (including phenoxy) is 1. The third-order valence-electron chi connectivity index (χ3n) is 3.27. The smallest absolute Gasteiger partial charge is 0.242 e. The molecule has 6 heteroatoms. The van der Waals surface area contributed by atoms with Crippen LogP contribution >= 0.6 is 34.8 Å². The van der Waals surface area contributed by atoms with Crippen molar-refractivity contribution in [2.75, 3.05) is 5.32 Å². The fraction of sp³-hybridized carbons (Fsp3) is 0.0556. The molecule has 3 aromatic rings. The van der Waals surface area contributed by atoms with Gasteiger partial charge in [-0.2, -0.15) is 0 Å². The number of benzene rings is 2. The summed E-state index contributed by atoms with van der Waals surface area (Å²) in [6.45, 7) is 0.569. The third kappa shape index (κ3) is 4.32. The lowest BCUT2D eigenvalue weighted by molar-refractivity contribution is 0.465. The van der Waals surface area contributed by atoms with E-state index in [0.717, 1.165) is 11.3 Å². The second-order valence-electron chi connectivity index (χ2n) is 5.01. The first kappa shape index (κ1) is 16.9. The zero-order chi connectivity index (χ0) is 16.9. The minimum atomic E-state index is 0.486. The molecule has 0 atom stereocenters. The van der Waals surface area contributed by atoms with Gasteiger partial charge in [0.05, 0.1) is 15.7 Å². The van der Waals surface area contributed by atoms with Crippen molar-refractivity contribution in [1.82, 2.24) is 4.98 Å². The summed E-state index contributed by atoms with van der Waals surface area (Å²) < 4.78 is 5.82. The van der Waals surface area contributed by atoms with Crippen molar-refractivity contribution < 1.29 is 4.74 Å². The average Bonchev–Trinajstić information content (AvgIpc) is 2.59. The lowest BCUT2D eigenvalue weighted by Crippen LogP contribution is -2.02. The van der Waals surface area contributed by atoms with Gasteiger partial charge in [0, 0.05) is 17.8 Å². The van der Waals surface area contributed by atoms with E-state index in [1.807, 2.05) is 24.3 Å². The fourth-order valence-electron chi connectivity index (χ4n) is 2.07. The van der Waals surface area contributed by atoms with Crippen LogP contribution in [0.2, 0.25) is 15.1 Å². The van der Waals surface area contributed by atoms with Gasteiger partial charge in [-0.1, -0.05) is 40.9 Å². The first-order chi connectivity index (χ1) is 11.6. The van der Waals surface area contributed by atoms with Gasteiger partial charge in [-0.15, -0.1) is 0 Å². The highest BCUT2D eigenvalue weighted by Crippen LogP contribution is 2.28. The molecule has 3 rings (SSSR count). The van der Waals surface area contributed by atoms with E-state index in [-0.39, 0.29) is 0 Å². The van der Waals surface area contributed by atoms with Gasteiger partial charge in [0.2, 0.25) is 5.88 Å². The molecule has 0 aliphatic carbocycles. The van der Waals surface area contributed by atoms with E-state index in [4.69, 9.17) is 39.5 Å². The summed E-state index contributed by atoms with van der Waals surface area (Å²) >= 11 is 17.9. The van der Waals surface area contributed by atoms with Gasteiger partial charge in [0.1, 0.15) is 5.75 Å². The van der Waals surface area contributed by atoms with Crippen molar-refractivity contribution in [3.8, 4) is 11.6 Å². The summed E-state index contributed by atoms with van der Waals surface area (Å²) in [5.41, 5.74) is 1.78. The van der Waals surface area contributed by atoms with E-state index in [2.05, 4.69) is 10.3 Å². The molecule has 0 saturated carbocycles. The SMILES string of the molecule is Clc1ccc(Oc2ncccc2NCc2ccc(Cl)c(Cl)c2)cc1. The van der Waals surface area contributed by atoms with Crippen LogP contribution in [-0.2, 0) is 6.54 Å². The molecule has 2 aromatic carbocycles. The Morgan fingerprint density at radius 1 is 0.917 bits per heavy atom. The van der Waals surface area contributed by atoms with Gasteiger partial charge in [-0.25, -0.2) is 4.98 Å². The third-order valence-corrected chi connectivity index (χ3v) is 4.26. The molecule has 1 aromatic heterocycles. The predicted octanol–water partition coefficient (Wildman–Crippen LogP) is 6.45. The number of rotatable bonds is 5. The van der Waals surface area contributed by atoms with Crippen LogP contribution in [0.15, 0.2) is 60.8 Å². The molecule has 0 fully saturated rings. The molecule has 3 nitrogen and oxygen atoms in total. The maximum absolute atomic E-state index is 6.04. The first-order valence-corrected chi connectivity index (χ1v) is 8.31. The summed E-state index contributed by atoms with van der Waals surface area (Å²) in [4.78, 5) is 4.28. The number of hydrogen-bond donors (Lipinski definition) is 1. The highest BCUT2D eigenvalue weighted by Gasteiger charge is 2.07. The molecule has 0 amide bonds. The summed E-state index contributed by atoms with van der Waals surface area (Å²) in [6.07, 6.45) is 1.68. The van der Waals surface area contributed by atoms with Crippen molar-refractivity contribution in [1.29, 1.82) is 0 Å². The number of pyridine rings is 1. The van der Waals surface area contributed by atoms with Gasteiger partial charge in [-0.3, -0.25) is 0 Å². The second-order valence-corrected chi connectivity index (χ2v) is 6.26. The van der Waals surface area contributed by atoms with Gasteiger partial charge in [-0.05, 0) is 54.1 Å². The lowest BCUT2D eigenvalue weighted by Gasteiger charge is -2.12. The van der Waals surface area contributed by atoms with Crippen LogP contribution in [0.3, 0.4) is 0 Å². The minimum absolute atomic E-state index is 0.486. The Kier molecular flexibility index (Phi) is 5.46. The van der Waals surface area contributed by atoms with E-state index >= 15 is 0 Å². The van der Waals surface area contributed by atoms with Crippen LogP contribution in [0.5, 0.6) is 11.6 Å². The topological polar surface area (TPSA) is 34.1 Å². The zero-order valence-corrected chi connectivity index (χ0v) is 14.7. The second kappa shape index (κ2) is 7.75. The van der Waals surface area contributed by atoms with Crippen LogP contribution in [0.1, 0.15) is 5.56 Å². The molecule has 0 aliphatic rings. The molecule has 0 saturated heterocycles. The Labute approximate surface area is 155 Å². The maximum atomic E-state index is 6.04. The molecular formula is C18H13Cl3N2O. The first-order valence-electron chi connectivity index (χ1n) is 7.18. The average molecular weight is 380 g/mol. The fourth-order valence-corrected chi connectivity index (χ4v) is 2.51. The van der Waals surface area contributed by atoms with Gasteiger partial charge in [0.25, 0.3) is 0 Å². The summed E-state index contributed by atoms with van der Waals surface area (Å²) in [7, 11) is 0. The number of halogens is 3. The molecule has 0 bridgehead atoms. The Balaban J connectivity index is 1.74. The van der Waals surface area contributed by atoms with Gasteiger partial charge >= 0.3 is 0 Å². The minimum Gasteiger partial charge on any atom is -0.437 e. The molecule has 0 spiro atoms. The molecule has 1 N–H and O–H groups in total. The van der Waals surface area contributed by atoms with E-state index in [1.54, 1.807) is 36.5 Å². The van der Waals surface area contributed by atoms with Crippen molar-refractivity contribution in [2.45, 2.75) is 6.54 Å². The number of nitrogens with zero attached hydrogens (tertiary/aromatic N) is 1. The zero-order valence-electron chi connectivity index (χ0n) is 12.5. The van der Waals surface area contributed by atoms with Crippen molar-refractivity contribution >= 4 is 40.5 Å². The van der Waals surface area contributed by atoms with Crippen LogP contribution < -0.4 is 10.1 Å². The highest BCUT2D eigenvalue weighted by molar-refractivity contribution is 6.42. The Bertz CT molecular complexity index is 838. The molecule has 24 heavy (non-hydrogen) atoms. The molecule has 122 valence electrons. The summed E-state index contributed by atoms with van der Waals surface area (Å²) in [5.74, 6) is 1.15. The number of aromatic nitrogens is 1. The normalized spacial score (nSPS) is 10.5. The van der Waals surface area contributed by atoms with E-state index < -0.39 is 0 Å². The van der Waals surface area contributed by atoms with E-state index in [9.17, 15) is 0 Å². The molecule has 0 radical (unpaired) electrons. The Morgan fingerprint density at radius 3 is 2.46 bits per heavy atom.